The summed E-state index contributed by atoms with van der Waals surface area (Å²) in [4.78, 5) is 25.0. The quantitative estimate of drug-likeness (QED) is 0.511. The number of nitrogens with zero attached hydrogens (tertiary/aromatic N) is 1. The largest absolute Gasteiger partial charge is 0.504 e. The Morgan fingerprint density at radius 2 is 1.96 bits per heavy atom. The number of piperidine rings is 1. The van der Waals surface area contributed by atoms with Crippen molar-refractivity contribution < 1.29 is 24.9 Å². The van der Waals surface area contributed by atoms with Crippen molar-refractivity contribution in [1.29, 1.82) is 0 Å². The Bertz CT molecular complexity index is 605. The zero-order chi connectivity index (χ0) is 17.0. The summed E-state index contributed by atoms with van der Waals surface area (Å²) in [6.45, 7) is 0.684. The monoisotopic (exact) mass is 323 g/mol. The number of carbonyl (C=O) groups is 2. The van der Waals surface area contributed by atoms with E-state index in [-0.39, 0.29) is 19.0 Å². The fourth-order valence-electron chi connectivity index (χ4n) is 2.69. The summed E-state index contributed by atoms with van der Waals surface area (Å²) in [5.74, 6) is -1.92. The van der Waals surface area contributed by atoms with Gasteiger partial charge in [0.2, 0.25) is 11.7 Å². The summed E-state index contributed by atoms with van der Waals surface area (Å²) in [6.07, 6.45) is 2.51. The minimum atomic E-state index is -0.588. The van der Waals surface area contributed by atoms with Crippen LogP contribution in [0, 0.1) is 0 Å². The average Bonchev–Trinajstić information content (AvgIpc) is 2.54. The van der Waals surface area contributed by atoms with Gasteiger partial charge in [-0.05, 0) is 37.3 Å². The van der Waals surface area contributed by atoms with Crippen LogP contribution in [0.5, 0.6) is 17.2 Å². The fourth-order valence-corrected chi connectivity index (χ4v) is 2.69. The molecule has 0 radical (unpaired) electrons. The SMILES string of the molecule is NC(=O)C1CCCCN1C(=O)NCCc1ccc(O)c(O)c1O. The van der Waals surface area contributed by atoms with Crippen LogP contribution >= 0.6 is 0 Å². The maximum absolute atomic E-state index is 12.2. The smallest absolute Gasteiger partial charge is 0.318 e. The van der Waals surface area contributed by atoms with Crippen molar-refractivity contribution in [3.05, 3.63) is 17.7 Å². The lowest BCUT2D eigenvalue weighted by atomic mass is 10.0. The van der Waals surface area contributed by atoms with Gasteiger partial charge >= 0.3 is 6.03 Å². The van der Waals surface area contributed by atoms with Gasteiger partial charge in [-0.25, -0.2) is 4.79 Å². The van der Waals surface area contributed by atoms with Crippen molar-refractivity contribution in [2.75, 3.05) is 13.1 Å². The zero-order valence-corrected chi connectivity index (χ0v) is 12.7. The maximum Gasteiger partial charge on any atom is 0.318 e. The summed E-state index contributed by atoms with van der Waals surface area (Å²) in [5, 5.41) is 31.1. The number of urea groups is 1. The Kier molecular flexibility index (Phi) is 5.15. The normalized spacial score (nSPS) is 17.7. The van der Waals surface area contributed by atoms with Gasteiger partial charge in [0.1, 0.15) is 6.04 Å². The summed E-state index contributed by atoms with van der Waals surface area (Å²) < 4.78 is 0. The summed E-state index contributed by atoms with van der Waals surface area (Å²) in [5.41, 5.74) is 5.71. The molecule has 1 aromatic carbocycles. The molecule has 2 rings (SSSR count). The van der Waals surface area contributed by atoms with Crippen LogP contribution in [0.1, 0.15) is 24.8 Å². The average molecular weight is 323 g/mol. The first-order valence-electron chi connectivity index (χ1n) is 7.48. The summed E-state index contributed by atoms with van der Waals surface area (Å²) >= 11 is 0. The number of aromatic hydroxyl groups is 3. The number of rotatable bonds is 4. The van der Waals surface area contributed by atoms with Gasteiger partial charge < -0.3 is 31.3 Å². The van der Waals surface area contributed by atoms with Gasteiger partial charge in [0, 0.05) is 13.1 Å². The number of carbonyl (C=O) groups excluding carboxylic acids is 2. The Balaban J connectivity index is 1.92. The topological polar surface area (TPSA) is 136 Å². The molecule has 8 heteroatoms. The van der Waals surface area contributed by atoms with Gasteiger partial charge in [0.25, 0.3) is 0 Å². The van der Waals surface area contributed by atoms with Gasteiger partial charge in [-0.15, -0.1) is 0 Å². The Hall–Kier alpha value is -2.64. The molecule has 3 amide bonds. The Morgan fingerprint density at radius 3 is 2.65 bits per heavy atom. The van der Waals surface area contributed by atoms with E-state index in [9.17, 15) is 24.9 Å². The van der Waals surface area contributed by atoms with Gasteiger partial charge in [-0.3, -0.25) is 4.79 Å². The number of benzene rings is 1. The molecule has 1 fully saturated rings. The molecule has 1 unspecified atom stereocenters. The van der Waals surface area contributed by atoms with Crippen LogP contribution < -0.4 is 11.1 Å². The molecule has 1 heterocycles. The molecule has 1 saturated heterocycles. The van der Waals surface area contributed by atoms with Gasteiger partial charge in [0.15, 0.2) is 11.5 Å². The first-order valence-corrected chi connectivity index (χ1v) is 7.48. The van der Waals surface area contributed by atoms with Gasteiger partial charge in [-0.1, -0.05) is 6.07 Å². The van der Waals surface area contributed by atoms with Crippen molar-refractivity contribution >= 4 is 11.9 Å². The fraction of sp³-hybridized carbons (Fsp3) is 0.467. The van der Waals surface area contributed by atoms with E-state index in [1.165, 1.54) is 17.0 Å². The lowest BCUT2D eigenvalue weighted by Gasteiger charge is -2.33. The van der Waals surface area contributed by atoms with Crippen molar-refractivity contribution in [3.8, 4) is 17.2 Å². The van der Waals surface area contributed by atoms with Gasteiger partial charge in [0.05, 0.1) is 0 Å². The van der Waals surface area contributed by atoms with E-state index in [0.29, 0.717) is 18.5 Å². The molecular weight excluding hydrogens is 302 g/mol. The molecule has 0 aromatic heterocycles. The molecule has 1 aliphatic rings. The predicted octanol–water partition coefficient (Wildman–Crippen LogP) is 0.395. The predicted molar refractivity (Wildman–Crippen MR) is 82.1 cm³/mol. The van der Waals surface area contributed by atoms with E-state index in [4.69, 9.17) is 5.73 Å². The summed E-state index contributed by atoms with van der Waals surface area (Å²) in [6, 6.07) is 1.76. The van der Waals surface area contributed by atoms with E-state index < -0.39 is 29.2 Å². The molecular formula is C15H21N3O5. The lowest BCUT2D eigenvalue weighted by Crippen LogP contribution is -2.54. The molecule has 126 valence electrons. The number of amides is 3. The third kappa shape index (κ3) is 3.77. The minimum Gasteiger partial charge on any atom is -0.504 e. The van der Waals surface area contributed by atoms with Crippen LogP contribution in [-0.2, 0) is 11.2 Å². The molecule has 1 aromatic rings. The zero-order valence-electron chi connectivity index (χ0n) is 12.7. The number of hydrogen-bond acceptors (Lipinski definition) is 5. The molecule has 1 aliphatic heterocycles. The highest BCUT2D eigenvalue weighted by molar-refractivity contribution is 5.86. The third-order valence-electron chi connectivity index (χ3n) is 3.98. The summed E-state index contributed by atoms with van der Waals surface area (Å²) in [7, 11) is 0. The number of phenols is 3. The van der Waals surface area contributed by atoms with E-state index in [1.54, 1.807) is 0 Å². The first kappa shape index (κ1) is 16.7. The number of nitrogens with two attached hydrogens (primary N) is 1. The second-order valence-electron chi connectivity index (χ2n) is 5.53. The number of nitrogens with one attached hydrogen (secondary N) is 1. The highest BCUT2D eigenvalue weighted by Crippen LogP contribution is 2.37. The number of hydrogen-bond donors (Lipinski definition) is 5. The van der Waals surface area contributed by atoms with Crippen LogP contribution in [0.2, 0.25) is 0 Å². The van der Waals surface area contributed by atoms with Crippen LogP contribution in [-0.4, -0.2) is 51.3 Å². The second-order valence-corrected chi connectivity index (χ2v) is 5.53. The van der Waals surface area contributed by atoms with Crippen molar-refractivity contribution in [3.63, 3.8) is 0 Å². The Morgan fingerprint density at radius 1 is 1.22 bits per heavy atom. The van der Waals surface area contributed by atoms with E-state index >= 15 is 0 Å². The van der Waals surface area contributed by atoms with E-state index in [1.807, 2.05) is 0 Å². The molecule has 6 N–H and O–H groups in total. The number of primary amides is 1. The van der Waals surface area contributed by atoms with Gasteiger partial charge in [-0.2, -0.15) is 0 Å². The van der Waals surface area contributed by atoms with Crippen molar-refractivity contribution in [2.45, 2.75) is 31.7 Å². The molecule has 0 saturated carbocycles. The Labute approximate surface area is 133 Å². The van der Waals surface area contributed by atoms with E-state index in [0.717, 1.165) is 12.8 Å². The molecule has 0 spiro atoms. The van der Waals surface area contributed by atoms with Crippen LogP contribution in [0.4, 0.5) is 4.79 Å². The van der Waals surface area contributed by atoms with Crippen LogP contribution in [0.3, 0.4) is 0 Å². The number of likely N-dealkylation sites (tertiary alicyclic amines) is 1. The standard InChI is InChI=1S/C15H21N3O5/c16-14(22)10-3-1-2-8-18(10)15(23)17-7-6-9-4-5-11(19)13(21)12(9)20/h4-5,10,19-21H,1-3,6-8H2,(H2,16,22)(H,17,23). The van der Waals surface area contributed by atoms with Crippen LogP contribution in [0.25, 0.3) is 0 Å². The molecule has 0 bridgehead atoms. The number of phenolic OH excluding ortho intramolecular Hbond substituents is 3. The molecule has 1 atom stereocenters. The lowest BCUT2D eigenvalue weighted by molar-refractivity contribution is -0.123. The van der Waals surface area contributed by atoms with Crippen LogP contribution in [0.15, 0.2) is 12.1 Å². The maximum atomic E-state index is 12.2. The minimum absolute atomic E-state index is 0.207. The second kappa shape index (κ2) is 7.08. The van der Waals surface area contributed by atoms with Crippen molar-refractivity contribution in [1.82, 2.24) is 10.2 Å². The first-order chi connectivity index (χ1) is 10.9. The van der Waals surface area contributed by atoms with Crippen molar-refractivity contribution in [2.24, 2.45) is 5.73 Å². The van der Waals surface area contributed by atoms with E-state index in [2.05, 4.69) is 5.32 Å². The molecule has 8 nitrogen and oxygen atoms in total. The third-order valence-corrected chi connectivity index (χ3v) is 3.98. The highest BCUT2D eigenvalue weighted by atomic mass is 16.3. The molecule has 0 aliphatic carbocycles. The highest BCUT2D eigenvalue weighted by Gasteiger charge is 2.30. The molecule has 23 heavy (non-hydrogen) atoms.